The van der Waals surface area contributed by atoms with Crippen molar-refractivity contribution in [3.63, 3.8) is 0 Å². The van der Waals surface area contributed by atoms with Crippen LogP contribution >= 0.6 is 0 Å². The number of esters is 2. The first-order chi connectivity index (χ1) is 11.0. The molecule has 0 amide bonds. The molecule has 1 heterocycles. The predicted octanol–water partition coefficient (Wildman–Crippen LogP) is 3.63. The van der Waals surface area contributed by atoms with Crippen molar-refractivity contribution in [2.75, 3.05) is 14.2 Å². The fourth-order valence-electron chi connectivity index (χ4n) is 2.70. The first kappa shape index (κ1) is 26.3. The van der Waals surface area contributed by atoms with E-state index in [2.05, 4.69) is 49.6 Å². The zero-order valence-corrected chi connectivity index (χ0v) is 19.3. The van der Waals surface area contributed by atoms with Crippen LogP contribution in [-0.2, 0) is 44.6 Å². The maximum atomic E-state index is 10.3. The Hall–Kier alpha value is -0.975. The molecule has 0 N–H and O–H groups in total. The molecule has 0 spiro atoms. The molecule has 1 saturated heterocycles. The Bertz CT molecular complexity index is 486. The zero-order chi connectivity index (χ0) is 19.0. The molecule has 0 aromatic rings. The summed E-state index contributed by atoms with van der Waals surface area (Å²) in [6.07, 6.45) is 7.12. The molecule has 0 bridgehead atoms. The van der Waals surface area contributed by atoms with E-state index in [1.54, 1.807) is 0 Å². The quantitative estimate of drug-likeness (QED) is 0.232. The van der Waals surface area contributed by atoms with Crippen molar-refractivity contribution < 1.29 is 44.6 Å². The van der Waals surface area contributed by atoms with E-state index in [4.69, 9.17) is 4.43 Å². The van der Waals surface area contributed by atoms with Gasteiger partial charge in [-0.05, 0) is 39.4 Å². The Morgan fingerprint density at radius 3 is 1.72 bits per heavy atom. The minimum atomic E-state index is -1.44. The average molecular weight is 550 g/mol. The number of carbonyl (C=O) groups excluding carboxylic acids is 2. The van der Waals surface area contributed by atoms with Gasteiger partial charge in [0.15, 0.2) is 8.32 Å². The third kappa shape index (κ3) is 7.84. The van der Waals surface area contributed by atoms with Crippen molar-refractivity contribution in [2.45, 2.75) is 45.0 Å². The number of hydrogen-bond donors (Lipinski definition) is 0. The Morgan fingerprint density at radius 2 is 1.44 bits per heavy atom. The van der Waals surface area contributed by atoms with Crippen molar-refractivity contribution in [1.82, 2.24) is 0 Å². The second kappa shape index (κ2) is 10.9. The largest absolute Gasteiger partial charge is 0.466 e. The molecule has 0 unspecified atom stereocenters. The predicted molar refractivity (Wildman–Crippen MR) is 98.1 cm³/mol. The van der Waals surface area contributed by atoms with Gasteiger partial charge in [-0.2, -0.15) is 0 Å². The molecule has 0 atom stereocenters. The van der Waals surface area contributed by atoms with E-state index in [1.165, 1.54) is 20.3 Å². The van der Waals surface area contributed by atoms with E-state index in [0.717, 1.165) is 18.6 Å². The number of carbonyl (C=O) groups is 2. The van der Waals surface area contributed by atoms with Gasteiger partial charge in [-0.3, -0.25) is 0 Å². The van der Waals surface area contributed by atoms with Crippen LogP contribution in [0.3, 0.4) is 0 Å². The summed E-state index contributed by atoms with van der Waals surface area (Å²) >= 11 is 0. The van der Waals surface area contributed by atoms with E-state index in [1.807, 2.05) is 12.2 Å². The number of ether oxygens (including phenoxy) is 2. The van der Waals surface area contributed by atoms with E-state index in [0.29, 0.717) is 0 Å². The second-order valence-corrected chi connectivity index (χ2v) is 10.9. The average Bonchev–Trinajstić information content (AvgIpc) is 2.52. The van der Waals surface area contributed by atoms with Crippen molar-refractivity contribution in [3.05, 3.63) is 37.5 Å². The molecule has 25 heavy (non-hydrogen) atoms. The zero-order valence-electron chi connectivity index (χ0n) is 16.0. The molecule has 1 fully saturated rings. The topological polar surface area (TPSA) is 61.8 Å². The smallest absolute Gasteiger partial charge is 0.330 e. The van der Waals surface area contributed by atoms with Gasteiger partial charge in [0.2, 0.25) is 0 Å². The number of rotatable bonds is 4. The second-order valence-electron chi connectivity index (χ2n) is 6.70. The minimum Gasteiger partial charge on any atom is -0.466 e. The van der Waals surface area contributed by atoms with Gasteiger partial charge in [0.25, 0.3) is 0 Å². The summed E-state index contributed by atoms with van der Waals surface area (Å²) in [5, 5.41) is 0. The van der Waals surface area contributed by atoms with Crippen LogP contribution in [0.1, 0.15) is 20.3 Å². The standard InChI is InChI=1S/C12H22OSi.C6H8O4.Pt/c1-7-12(8-2)9-10-14(5,6)13-11(12,3)4;1-9-5(7)3-4-6(8)10-2;/h7-8H,1-2,9-10H2,3-6H3;3-4H,1-2H3;/b;4-3+;. The summed E-state index contributed by atoms with van der Waals surface area (Å²) in [4.78, 5) is 20.6. The van der Waals surface area contributed by atoms with Crippen LogP contribution in [0.25, 0.3) is 0 Å². The van der Waals surface area contributed by atoms with Gasteiger partial charge in [-0.15, -0.1) is 13.2 Å². The molecule has 1 rings (SSSR count). The Balaban J connectivity index is 0. The van der Waals surface area contributed by atoms with Gasteiger partial charge in [0.05, 0.1) is 19.8 Å². The fraction of sp³-hybridized carbons (Fsp3) is 0.556. The van der Waals surface area contributed by atoms with E-state index >= 15 is 0 Å². The molecule has 1 aliphatic heterocycles. The van der Waals surface area contributed by atoms with E-state index in [9.17, 15) is 9.59 Å². The molecular formula is C18H30O5PtSi. The molecule has 5 nitrogen and oxygen atoms in total. The van der Waals surface area contributed by atoms with Gasteiger partial charge in [0, 0.05) is 38.6 Å². The molecule has 146 valence electrons. The first-order valence-electron chi connectivity index (χ1n) is 7.80. The fourth-order valence-corrected chi connectivity index (χ4v) is 5.39. The summed E-state index contributed by atoms with van der Waals surface area (Å²) in [5.41, 5.74) is -0.194. The molecule has 0 aliphatic carbocycles. The van der Waals surface area contributed by atoms with Crippen molar-refractivity contribution in [2.24, 2.45) is 5.41 Å². The van der Waals surface area contributed by atoms with Crippen molar-refractivity contribution >= 4 is 20.3 Å². The number of methoxy groups -OCH3 is 2. The van der Waals surface area contributed by atoms with Crippen LogP contribution in [0.2, 0.25) is 19.1 Å². The van der Waals surface area contributed by atoms with Crippen molar-refractivity contribution in [3.8, 4) is 0 Å². The maximum absolute atomic E-state index is 10.3. The van der Waals surface area contributed by atoms with Gasteiger partial charge < -0.3 is 13.9 Å². The van der Waals surface area contributed by atoms with Gasteiger partial charge in [-0.25, -0.2) is 9.59 Å². The van der Waals surface area contributed by atoms with E-state index in [-0.39, 0.29) is 32.1 Å². The summed E-state index contributed by atoms with van der Waals surface area (Å²) in [6.45, 7) is 16.7. The monoisotopic (exact) mass is 549 g/mol. The van der Waals surface area contributed by atoms with Gasteiger partial charge in [0.1, 0.15) is 0 Å². The first-order valence-corrected chi connectivity index (χ1v) is 10.9. The molecule has 0 aromatic heterocycles. The molecule has 0 aromatic carbocycles. The maximum Gasteiger partial charge on any atom is 0.330 e. The molecule has 7 heteroatoms. The third-order valence-corrected chi connectivity index (χ3v) is 6.80. The van der Waals surface area contributed by atoms with Crippen molar-refractivity contribution in [1.29, 1.82) is 0 Å². The summed E-state index contributed by atoms with van der Waals surface area (Å²) < 4.78 is 14.7. The van der Waals surface area contributed by atoms with E-state index < -0.39 is 20.3 Å². The third-order valence-electron chi connectivity index (χ3n) is 4.28. The van der Waals surface area contributed by atoms with Crippen LogP contribution in [0.15, 0.2) is 37.5 Å². The van der Waals surface area contributed by atoms with Crippen LogP contribution in [-0.4, -0.2) is 40.1 Å². The number of hydrogen-bond acceptors (Lipinski definition) is 5. The van der Waals surface area contributed by atoms with Crippen LogP contribution in [0.4, 0.5) is 0 Å². The van der Waals surface area contributed by atoms with Gasteiger partial charge in [-0.1, -0.05) is 12.2 Å². The SMILES string of the molecule is C=CC1(C=C)CC[Si](C)(C)OC1(C)C.COC(=O)/C=C/C(=O)OC.[Pt]. The van der Waals surface area contributed by atoms with Gasteiger partial charge >= 0.3 is 11.9 Å². The minimum absolute atomic E-state index is 0. The molecule has 0 saturated carbocycles. The Kier molecular flexibility index (Phi) is 11.4. The summed E-state index contributed by atoms with van der Waals surface area (Å²) in [7, 11) is 1.01. The summed E-state index contributed by atoms with van der Waals surface area (Å²) in [6, 6.07) is 1.19. The molecular weight excluding hydrogens is 519 g/mol. The van der Waals surface area contributed by atoms with Crippen LogP contribution < -0.4 is 0 Å². The van der Waals surface area contributed by atoms with Crippen LogP contribution in [0, 0.1) is 5.41 Å². The molecule has 0 radical (unpaired) electrons. The molecule has 1 aliphatic rings. The Morgan fingerprint density at radius 1 is 1.04 bits per heavy atom. The van der Waals surface area contributed by atoms with Crippen LogP contribution in [0.5, 0.6) is 0 Å². The summed E-state index contributed by atoms with van der Waals surface area (Å²) in [5.74, 6) is -1.16. The normalized spacial score (nSPS) is 19.4. The Labute approximate surface area is 166 Å².